The summed E-state index contributed by atoms with van der Waals surface area (Å²) in [6.45, 7) is 7.75. The second-order valence-electron chi connectivity index (χ2n) is 4.76. The van der Waals surface area contributed by atoms with Crippen molar-refractivity contribution in [3.05, 3.63) is 66.7 Å². The van der Waals surface area contributed by atoms with Gasteiger partial charge in [0.05, 0.1) is 5.69 Å². The first-order valence-electron chi connectivity index (χ1n) is 6.86. The molecule has 3 rings (SSSR count). The van der Waals surface area contributed by atoms with Crippen molar-refractivity contribution in [1.29, 1.82) is 0 Å². The number of hydrogen-bond acceptors (Lipinski definition) is 3. The normalized spacial score (nSPS) is 12.6. The van der Waals surface area contributed by atoms with Crippen molar-refractivity contribution in [2.45, 2.75) is 13.8 Å². The number of aryl methyl sites for hydroxylation is 1. The Bertz CT molecular complexity index is 885. The molecule has 0 spiro atoms. The number of nitrogens with zero attached hydrogens (tertiary/aromatic N) is 2. The molecule has 3 aromatic rings. The third-order valence-corrected chi connectivity index (χ3v) is 3.34. The van der Waals surface area contributed by atoms with Gasteiger partial charge in [0.2, 0.25) is 0 Å². The van der Waals surface area contributed by atoms with Crippen LogP contribution in [0.5, 0.6) is 0 Å². The zero-order valence-corrected chi connectivity index (χ0v) is 12.1. The van der Waals surface area contributed by atoms with E-state index in [9.17, 15) is 0 Å². The SMILES string of the molecule is C=C/C(=C\C=C/C)c1nc(C)c2oc3ccccc3c2n1. The maximum atomic E-state index is 5.85. The van der Waals surface area contributed by atoms with Crippen LogP contribution in [0.2, 0.25) is 0 Å². The molecule has 3 heteroatoms. The number of furan rings is 1. The molecule has 104 valence electrons. The highest BCUT2D eigenvalue weighted by Gasteiger charge is 2.13. The van der Waals surface area contributed by atoms with E-state index in [0.717, 1.165) is 33.3 Å². The third-order valence-electron chi connectivity index (χ3n) is 3.34. The van der Waals surface area contributed by atoms with Gasteiger partial charge in [0.25, 0.3) is 0 Å². The first kappa shape index (κ1) is 13.3. The Balaban J connectivity index is 2.31. The van der Waals surface area contributed by atoms with Gasteiger partial charge in [-0.25, -0.2) is 9.97 Å². The van der Waals surface area contributed by atoms with Crippen LogP contribution in [0.3, 0.4) is 0 Å². The summed E-state index contributed by atoms with van der Waals surface area (Å²) in [5.41, 5.74) is 4.15. The highest BCUT2D eigenvalue weighted by Crippen LogP contribution is 2.29. The fraction of sp³-hybridized carbons (Fsp3) is 0.111. The Morgan fingerprint density at radius 1 is 1.24 bits per heavy atom. The molecule has 0 aliphatic rings. The maximum absolute atomic E-state index is 5.85. The van der Waals surface area contributed by atoms with Crippen LogP contribution in [0.25, 0.3) is 27.6 Å². The minimum atomic E-state index is 0.666. The average Bonchev–Trinajstić information content (AvgIpc) is 2.88. The Morgan fingerprint density at radius 2 is 2.05 bits per heavy atom. The van der Waals surface area contributed by atoms with Gasteiger partial charge in [0.1, 0.15) is 11.1 Å². The summed E-state index contributed by atoms with van der Waals surface area (Å²) in [5, 5.41) is 1.01. The van der Waals surface area contributed by atoms with Crippen LogP contribution in [-0.4, -0.2) is 9.97 Å². The van der Waals surface area contributed by atoms with Gasteiger partial charge in [0.15, 0.2) is 11.4 Å². The molecule has 0 saturated heterocycles. The average molecular weight is 276 g/mol. The Hall–Kier alpha value is -2.68. The molecule has 0 N–H and O–H groups in total. The molecule has 21 heavy (non-hydrogen) atoms. The number of hydrogen-bond donors (Lipinski definition) is 0. The van der Waals surface area contributed by atoms with Crippen LogP contribution in [0.4, 0.5) is 0 Å². The quantitative estimate of drug-likeness (QED) is 0.643. The summed E-state index contributed by atoms with van der Waals surface area (Å²) < 4.78 is 5.85. The van der Waals surface area contributed by atoms with E-state index in [2.05, 4.69) is 16.5 Å². The van der Waals surface area contributed by atoms with E-state index in [1.165, 1.54) is 0 Å². The van der Waals surface area contributed by atoms with Gasteiger partial charge in [-0.3, -0.25) is 0 Å². The molecule has 0 atom stereocenters. The molecule has 0 amide bonds. The summed E-state index contributed by atoms with van der Waals surface area (Å²) in [6.07, 6.45) is 7.63. The summed E-state index contributed by atoms with van der Waals surface area (Å²) in [5.74, 6) is 0.666. The molecule has 2 aromatic heterocycles. The van der Waals surface area contributed by atoms with E-state index < -0.39 is 0 Å². The lowest BCUT2D eigenvalue weighted by Crippen LogP contribution is -1.95. The first-order valence-corrected chi connectivity index (χ1v) is 6.86. The lowest BCUT2D eigenvalue weighted by atomic mass is 10.2. The largest absolute Gasteiger partial charge is 0.452 e. The molecule has 3 nitrogen and oxygen atoms in total. The van der Waals surface area contributed by atoms with Crippen LogP contribution in [0.1, 0.15) is 18.4 Å². The fourth-order valence-electron chi connectivity index (χ4n) is 2.29. The second kappa shape index (κ2) is 5.37. The molecule has 0 saturated carbocycles. The molecule has 0 unspecified atom stereocenters. The Kier molecular flexibility index (Phi) is 3.40. The topological polar surface area (TPSA) is 38.9 Å². The lowest BCUT2D eigenvalue weighted by molar-refractivity contribution is 0.661. The van der Waals surface area contributed by atoms with E-state index in [1.807, 2.05) is 56.3 Å². The van der Waals surface area contributed by atoms with Crippen molar-refractivity contribution < 1.29 is 4.42 Å². The molecular weight excluding hydrogens is 260 g/mol. The molecule has 0 fully saturated rings. The maximum Gasteiger partial charge on any atom is 0.175 e. The number of rotatable bonds is 3. The highest BCUT2D eigenvalue weighted by molar-refractivity contribution is 6.03. The van der Waals surface area contributed by atoms with Gasteiger partial charge < -0.3 is 4.42 Å². The summed E-state index contributed by atoms with van der Waals surface area (Å²) in [6, 6.07) is 7.90. The van der Waals surface area contributed by atoms with Gasteiger partial charge in [-0.15, -0.1) is 0 Å². The van der Waals surface area contributed by atoms with E-state index in [-0.39, 0.29) is 0 Å². The number of para-hydroxylation sites is 1. The van der Waals surface area contributed by atoms with Gasteiger partial charge >= 0.3 is 0 Å². The first-order chi connectivity index (χ1) is 10.2. The smallest absolute Gasteiger partial charge is 0.175 e. The second-order valence-corrected chi connectivity index (χ2v) is 4.76. The van der Waals surface area contributed by atoms with E-state index >= 15 is 0 Å². The van der Waals surface area contributed by atoms with Crippen molar-refractivity contribution in [3.63, 3.8) is 0 Å². The number of fused-ring (bicyclic) bond motifs is 3. The van der Waals surface area contributed by atoms with Crippen molar-refractivity contribution in [3.8, 4) is 0 Å². The zero-order valence-electron chi connectivity index (χ0n) is 12.1. The fourth-order valence-corrected chi connectivity index (χ4v) is 2.29. The Morgan fingerprint density at radius 3 is 2.81 bits per heavy atom. The van der Waals surface area contributed by atoms with Crippen LogP contribution in [-0.2, 0) is 0 Å². The molecule has 2 heterocycles. The number of benzene rings is 1. The molecule has 0 bridgehead atoms. The van der Waals surface area contributed by atoms with Gasteiger partial charge in [-0.2, -0.15) is 0 Å². The number of allylic oxidation sites excluding steroid dienone is 5. The summed E-state index contributed by atoms with van der Waals surface area (Å²) in [7, 11) is 0. The minimum Gasteiger partial charge on any atom is -0.452 e. The van der Waals surface area contributed by atoms with Gasteiger partial charge in [-0.1, -0.05) is 43.0 Å². The summed E-state index contributed by atoms with van der Waals surface area (Å²) >= 11 is 0. The number of aromatic nitrogens is 2. The van der Waals surface area contributed by atoms with Crippen LogP contribution >= 0.6 is 0 Å². The molecule has 1 aromatic carbocycles. The highest BCUT2D eigenvalue weighted by atomic mass is 16.3. The van der Waals surface area contributed by atoms with Crippen LogP contribution in [0, 0.1) is 6.92 Å². The molecule has 0 radical (unpaired) electrons. The Labute approximate surface area is 123 Å². The third kappa shape index (κ3) is 2.27. The van der Waals surface area contributed by atoms with Crippen LogP contribution < -0.4 is 0 Å². The molecule has 0 aliphatic heterocycles. The minimum absolute atomic E-state index is 0.666. The lowest BCUT2D eigenvalue weighted by Gasteiger charge is -2.02. The van der Waals surface area contributed by atoms with Crippen molar-refractivity contribution in [2.24, 2.45) is 0 Å². The summed E-state index contributed by atoms with van der Waals surface area (Å²) in [4.78, 5) is 9.21. The van der Waals surface area contributed by atoms with Gasteiger partial charge in [-0.05, 0) is 26.0 Å². The van der Waals surface area contributed by atoms with Crippen molar-refractivity contribution in [1.82, 2.24) is 9.97 Å². The van der Waals surface area contributed by atoms with E-state index in [1.54, 1.807) is 6.08 Å². The molecular formula is C18H16N2O. The predicted octanol–water partition coefficient (Wildman–Crippen LogP) is 4.83. The van der Waals surface area contributed by atoms with Crippen molar-refractivity contribution >= 4 is 27.6 Å². The van der Waals surface area contributed by atoms with Gasteiger partial charge in [0, 0.05) is 11.0 Å². The van der Waals surface area contributed by atoms with Crippen LogP contribution in [0.15, 0.2) is 59.6 Å². The van der Waals surface area contributed by atoms with E-state index in [4.69, 9.17) is 4.42 Å². The zero-order chi connectivity index (χ0) is 14.8. The standard InChI is InChI=1S/C18H16N2O/c1-4-6-9-13(5-2)18-19-12(3)17-16(20-18)14-10-7-8-11-15(14)21-17/h4-11H,2H2,1,3H3/b6-4-,13-9+. The van der Waals surface area contributed by atoms with Crippen molar-refractivity contribution in [2.75, 3.05) is 0 Å². The monoisotopic (exact) mass is 276 g/mol. The van der Waals surface area contributed by atoms with E-state index in [0.29, 0.717) is 5.82 Å². The predicted molar refractivity (Wildman–Crippen MR) is 87.0 cm³/mol. The molecule has 0 aliphatic carbocycles.